The van der Waals surface area contributed by atoms with Gasteiger partial charge in [0, 0.05) is 23.6 Å². The molecular formula is C44H54N4O6S. The van der Waals surface area contributed by atoms with Crippen molar-refractivity contribution in [3.05, 3.63) is 144 Å². The van der Waals surface area contributed by atoms with Crippen molar-refractivity contribution in [2.24, 2.45) is 11.8 Å². The fraction of sp³-hybridized carbons (Fsp3) is 0.364. The third-order valence-electron chi connectivity index (χ3n) is 8.88. The number of amides is 4. The Hall–Kier alpha value is -5.29. The Kier molecular flexibility index (Phi) is 17.6. The van der Waals surface area contributed by atoms with Gasteiger partial charge in [-0.2, -0.15) is 11.8 Å². The predicted molar refractivity (Wildman–Crippen MR) is 218 cm³/mol. The van der Waals surface area contributed by atoms with Gasteiger partial charge in [-0.1, -0.05) is 149 Å². The maximum Gasteiger partial charge on any atom is 0.408 e. The van der Waals surface area contributed by atoms with Gasteiger partial charge >= 0.3 is 12.2 Å². The summed E-state index contributed by atoms with van der Waals surface area (Å²) in [6.45, 7) is 8.34. The molecule has 0 saturated heterocycles. The highest BCUT2D eigenvalue weighted by Gasteiger charge is 2.28. The first-order chi connectivity index (χ1) is 26.6. The Bertz CT molecular complexity index is 1620. The second-order valence-corrected chi connectivity index (χ2v) is 15.7. The summed E-state index contributed by atoms with van der Waals surface area (Å²) in [5.74, 6) is -0.987. The molecule has 0 heterocycles. The number of rotatable bonds is 20. The minimum Gasteiger partial charge on any atom is -0.445 e. The second kappa shape index (κ2) is 22.8. The zero-order valence-electron chi connectivity index (χ0n) is 32.1. The molecule has 0 bridgehead atoms. The van der Waals surface area contributed by atoms with Crippen LogP contribution in [0.4, 0.5) is 9.59 Å². The number of ether oxygens (including phenoxy) is 2. The molecule has 4 N–H and O–H groups in total. The molecule has 0 radical (unpaired) electrons. The van der Waals surface area contributed by atoms with E-state index < -0.39 is 24.3 Å². The van der Waals surface area contributed by atoms with E-state index in [0.717, 1.165) is 22.3 Å². The summed E-state index contributed by atoms with van der Waals surface area (Å²) < 4.78 is 10.8. The van der Waals surface area contributed by atoms with E-state index in [9.17, 15) is 19.2 Å². The van der Waals surface area contributed by atoms with Crippen LogP contribution in [0.1, 0.15) is 49.9 Å². The molecule has 0 fully saturated rings. The van der Waals surface area contributed by atoms with Crippen LogP contribution in [0.5, 0.6) is 0 Å². The summed E-state index contributed by atoms with van der Waals surface area (Å²) in [6.07, 6.45) is -0.00352. The number of benzene rings is 4. The molecule has 10 nitrogen and oxygen atoms in total. The van der Waals surface area contributed by atoms with Crippen molar-refractivity contribution in [3.8, 4) is 0 Å². The first-order valence-corrected chi connectivity index (χ1v) is 19.7. The quantitative estimate of drug-likeness (QED) is 0.0756. The lowest BCUT2D eigenvalue weighted by atomic mass is 10.0. The highest BCUT2D eigenvalue weighted by atomic mass is 32.2. The Morgan fingerprint density at radius 2 is 0.800 bits per heavy atom. The van der Waals surface area contributed by atoms with E-state index in [2.05, 4.69) is 45.5 Å². The highest BCUT2D eigenvalue weighted by molar-refractivity contribution is 8.00. The second-order valence-electron chi connectivity index (χ2n) is 14.1. The third kappa shape index (κ3) is 15.5. The van der Waals surface area contributed by atoms with E-state index in [1.54, 1.807) is 11.8 Å². The van der Waals surface area contributed by atoms with Crippen LogP contribution in [0.25, 0.3) is 0 Å². The molecule has 0 aliphatic carbocycles. The smallest absolute Gasteiger partial charge is 0.408 e. The molecule has 4 aromatic rings. The lowest BCUT2D eigenvalue weighted by Crippen LogP contribution is -2.51. The Morgan fingerprint density at radius 3 is 1.11 bits per heavy atom. The van der Waals surface area contributed by atoms with E-state index >= 15 is 0 Å². The van der Waals surface area contributed by atoms with Crippen LogP contribution in [0.3, 0.4) is 0 Å². The van der Waals surface area contributed by atoms with Crippen molar-refractivity contribution in [2.75, 3.05) is 13.1 Å². The minimum atomic E-state index is -0.801. The third-order valence-corrected chi connectivity index (χ3v) is 10.3. The number of hydrogen-bond acceptors (Lipinski definition) is 7. The van der Waals surface area contributed by atoms with Crippen molar-refractivity contribution in [1.29, 1.82) is 0 Å². The molecule has 0 saturated carbocycles. The molecule has 55 heavy (non-hydrogen) atoms. The molecule has 0 spiro atoms. The molecule has 4 aromatic carbocycles. The van der Waals surface area contributed by atoms with Gasteiger partial charge in [0.05, 0.1) is 0 Å². The highest BCUT2D eigenvalue weighted by Crippen LogP contribution is 2.25. The normalized spacial score (nSPS) is 13.2. The molecule has 0 aliphatic rings. The maximum atomic E-state index is 13.6. The number of nitrogens with one attached hydrogen (secondary N) is 4. The van der Waals surface area contributed by atoms with Crippen molar-refractivity contribution < 1.29 is 28.7 Å². The topological polar surface area (TPSA) is 135 Å². The van der Waals surface area contributed by atoms with Crippen molar-refractivity contribution in [1.82, 2.24) is 21.3 Å². The van der Waals surface area contributed by atoms with E-state index in [0.29, 0.717) is 25.9 Å². The number of hydrogen-bond donors (Lipinski definition) is 4. The first kappa shape index (κ1) is 42.5. The van der Waals surface area contributed by atoms with Crippen LogP contribution in [-0.4, -0.2) is 59.7 Å². The van der Waals surface area contributed by atoms with E-state index in [1.165, 1.54) is 0 Å². The Labute approximate surface area is 329 Å². The van der Waals surface area contributed by atoms with E-state index in [4.69, 9.17) is 9.47 Å². The van der Waals surface area contributed by atoms with Gasteiger partial charge in [-0.25, -0.2) is 9.59 Å². The average molecular weight is 767 g/mol. The van der Waals surface area contributed by atoms with E-state index in [-0.39, 0.29) is 47.4 Å². The summed E-state index contributed by atoms with van der Waals surface area (Å²) in [7, 11) is 0. The van der Waals surface area contributed by atoms with Gasteiger partial charge < -0.3 is 30.7 Å². The Morgan fingerprint density at radius 1 is 0.491 bits per heavy atom. The molecule has 11 heteroatoms. The molecule has 0 aromatic heterocycles. The fourth-order valence-corrected chi connectivity index (χ4v) is 7.35. The monoisotopic (exact) mass is 766 g/mol. The number of carbonyl (C=O) groups is 4. The first-order valence-electron chi connectivity index (χ1n) is 18.8. The standard InChI is InChI=1S/C44H54N4O6S/c1-31(2)39(47-43(51)53-29-35-21-13-7-14-22-35)41(49)45-27-37(25-33-17-9-5-10-18-33)55-38(26-34-19-11-6-12-20-34)28-46-42(50)40(32(3)4)48-44(52)54-30-36-23-15-8-16-24-36/h5-24,31-32,37-40H,25-30H2,1-4H3,(H,45,49)(H,46,50)(H,47,51)(H,48,52)/t37-,38-,39+,40+/m1/s1. The number of thioether (sulfide) groups is 1. The molecule has 0 unspecified atom stereocenters. The summed E-state index contributed by atoms with van der Waals surface area (Å²) in [5, 5.41) is 11.5. The zero-order chi connectivity index (χ0) is 39.4. The van der Waals surface area contributed by atoms with Crippen LogP contribution in [0, 0.1) is 11.8 Å². The minimum absolute atomic E-state index is 0.0817. The fourth-order valence-electron chi connectivity index (χ4n) is 5.87. The van der Waals surface area contributed by atoms with Gasteiger partial charge in [-0.05, 0) is 46.9 Å². The van der Waals surface area contributed by atoms with Crippen LogP contribution in [0.2, 0.25) is 0 Å². The average Bonchev–Trinajstić information content (AvgIpc) is 3.19. The molecule has 4 rings (SSSR count). The molecular weight excluding hydrogens is 713 g/mol. The SMILES string of the molecule is CC(C)[C@H](NC(=O)OCc1ccccc1)C(=O)NC[C@@H](Cc1ccccc1)S[C@@H](CNC(=O)[C@@H](NC(=O)OCc1ccccc1)C(C)C)Cc1ccccc1. The summed E-state index contributed by atoms with van der Waals surface area (Å²) in [6, 6.07) is 37.2. The van der Waals surface area contributed by atoms with Crippen LogP contribution >= 0.6 is 11.8 Å². The molecule has 4 amide bonds. The van der Waals surface area contributed by atoms with Gasteiger partial charge in [0.1, 0.15) is 25.3 Å². The number of carbonyl (C=O) groups excluding carboxylic acids is 4. The van der Waals surface area contributed by atoms with E-state index in [1.807, 2.05) is 125 Å². The summed E-state index contributed by atoms with van der Waals surface area (Å²) in [4.78, 5) is 52.6. The number of alkyl carbamates (subject to hydrolysis) is 2. The summed E-state index contributed by atoms with van der Waals surface area (Å²) >= 11 is 1.69. The van der Waals surface area contributed by atoms with Crippen molar-refractivity contribution >= 4 is 35.8 Å². The summed E-state index contributed by atoms with van der Waals surface area (Å²) in [5.41, 5.74) is 3.92. The lowest BCUT2D eigenvalue weighted by molar-refractivity contribution is -0.124. The zero-order valence-corrected chi connectivity index (χ0v) is 32.9. The van der Waals surface area contributed by atoms with Gasteiger partial charge in [0.25, 0.3) is 0 Å². The van der Waals surface area contributed by atoms with Crippen molar-refractivity contribution in [3.63, 3.8) is 0 Å². The van der Waals surface area contributed by atoms with Gasteiger partial charge in [-0.3, -0.25) is 9.59 Å². The van der Waals surface area contributed by atoms with Crippen LogP contribution in [-0.2, 0) is 45.1 Å². The molecule has 292 valence electrons. The van der Waals surface area contributed by atoms with Crippen molar-refractivity contribution in [2.45, 2.75) is 76.3 Å². The molecule has 0 aliphatic heterocycles. The van der Waals surface area contributed by atoms with Gasteiger partial charge in [-0.15, -0.1) is 0 Å². The lowest BCUT2D eigenvalue weighted by Gasteiger charge is -2.27. The maximum absolute atomic E-state index is 13.6. The predicted octanol–water partition coefficient (Wildman–Crippen LogP) is 7.08. The van der Waals surface area contributed by atoms with Gasteiger partial charge in [0.2, 0.25) is 11.8 Å². The van der Waals surface area contributed by atoms with Gasteiger partial charge in [0.15, 0.2) is 0 Å². The van der Waals surface area contributed by atoms with Crippen LogP contribution in [0.15, 0.2) is 121 Å². The largest absolute Gasteiger partial charge is 0.445 e. The Balaban J connectivity index is 1.42. The van der Waals surface area contributed by atoms with Crippen LogP contribution < -0.4 is 21.3 Å². The molecule has 4 atom stereocenters.